The molecule has 0 aromatic carbocycles. The molecule has 0 saturated carbocycles. The molecule has 0 spiro atoms. The van der Waals surface area contributed by atoms with E-state index in [0.29, 0.717) is 26.1 Å². The molecule has 3 unspecified atom stereocenters. The lowest BCUT2D eigenvalue weighted by Gasteiger charge is -2.52. The first-order valence-electron chi connectivity index (χ1n) is 9.12. The molecule has 3 atom stereocenters. The Morgan fingerprint density at radius 2 is 1.84 bits per heavy atom. The van der Waals surface area contributed by atoms with Crippen LogP contribution in [0.1, 0.15) is 48.0 Å². The lowest BCUT2D eigenvalue weighted by atomic mass is 9.64. The Kier molecular flexibility index (Phi) is 6.43. The third-order valence-corrected chi connectivity index (χ3v) is 10.7. The van der Waals surface area contributed by atoms with Crippen molar-refractivity contribution in [3.05, 3.63) is 0 Å². The van der Waals surface area contributed by atoms with Gasteiger partial charge in [-0.15, -0.1) is 0 Å². The van der Waals surface area contributed by atoms with Crippen LogP contribution in [0.3, 0.4) is 0 Å². The van der Waals surface area contributed by atoms with Crippen LogP contribution in [0.4, 0.5) is 4.79 Å². The third-order valence-electron chi connectivity index (χ3n) is 6.18. The van der Waals surface area contributed by atoms with E-state index in [4.69, 9.17) is 10.2 Å². The van der Waals surface area contributed by atoms with Crippen molar-refractivity contribution in [1.29, 1.82) is 0 Å². The fourth-order valence-corrected chi connectivity index (χ4v) is 4.29. The highest BCUT2D eigenvalue weighted by molar-refractivity contribution is 6.74. The van der Waals surface area contributed by atoms with Crippen LogP contribution in [0, 0.1) is 11.3 Å². The number of carbonyl (C=O) groups is 1. The van der Waals surface area contributed by atoms with E-state index >= 15 is 0 Å². The fourth-order valence-electron chi connectivity index (χ4n) is 3.26. The molecule has 6 nitrogen and oxygen atoms in total. The van der Waals surface area contributed by atoms with Crippen LogP contribution in [-0.2, 0) is 4.43 Å². The summed E-state index contributed by atoms with van der Waals surface area (Å²) in [6, 6.07) is -0.540. The van der Waals surface area contributed by atoms with Crippen LogP contribution >= 0.6 is 0 Å². The SMILES string of the molecule is CC(C)(C)C1CN(C(=O)O)CCC1(O)C(N)CO[Si](C)(C)C(C)(C)C. The number of nitrogens with zero attached hydrogens (tertiary/aromatic N) is 1. The van der Waals surface area contributed by atoms with Gasteiger partial charge in [0, 0.05) is 19.0 Å². The minimum Gasteiger partial charge on any atom is -0.465 e. The molecular weight excluding hydrogens is 336 g/mol. The van der Waals surface area contributed by atoms with Gasteiger partial charge in [-0.2, -0.15) is 0 Å². The average Bonchev–Trinajstić information content (AvgIpc) is 2.42. The average molecular weight is 375 g/mol. The largest absolute Gasteiger partial charge is 0.465 e. The van der Waals surface area contributed by atoms with Gasteiger partial charge in [0.1, 0.15) is 0 Å². The first kappa shape index (κ1) is 22.4. The van der Waals surface area contributed by atoms with Gasteiger partial charge >= 0.3 is 6.09 Å². The number of aliphatic hydroxyl groups is 1. The molecule has 7 heteroatoms. The molecule has 148 valence electrons. The maximum absolute atomic E-state index is 11.4. The molecule has 1 rings (SSSR count). The molecule has 1 fully saturated rings. The van der Waals surface area contributed by atoms with Gasteiger partial charge in [0.25, 0.3) is 0 Å². The Balaban J connectivity index is 2.97. The zero-order chi connectivity index (χ0) is 19.8. The lowest BCUT2D eigenvalue weighted by Crippen LogP contribution is -2.66. The van der Waals surface area contributed by atoms with Crippen LogP contribution in [0.25, 0.3) is 0 Å². The summed E-state index contributed by atoms with van der Waals surface area (Å²) < 4.78 is 6.23. The van der Waals surface area contributed by atoms with Gasteiger partial charge in [0.2, 0.25) is 0 Å². The van der Waals surface area contributed by atoms with E-state index in [9.17, 15) is 15.0 Å². The van der Waals surface area contributed by atoms with E-state index in [1.165, 1.54) is 4.90 Å². The van der Waals surface area contributed by atoms with E-state index in [1.54, 1.807) is 0 Å². The Morgan fingerprint density at radius 3 is 2.24 bits per heavy atom. The minimum atomic E-state index is -1.96. The molecule has 0 aromatic rings. The Morgan fingerprint density at radius 1 is 1.32 bits per heavy atom. The van der Waals surface area contributed by atoms with Crippen molar-refractivity contribution in [1.82, 2.24) is 4.90 Å². The first-order valence-corrected chi connectivity index (χ1v) is 12.0. The highest BCUT2D eigenvalue weighted by Crippen LogP contribution is 2.43. The van der Waals surface area contributed by atoms with Crippen molar-refractivity contribution in [3.8, 4) is 0 Å². The third kappa shape index (κ3) is 4.96. The van der Waals surface area contributed by atoms with E-state index < -0.39 is 26.1 Å². The Bertz CT molecular complexity index is 484. The van der Waals surface area contributed by atoms with Crippen LogP contribution in [-0.4, -0.2) is 60.9 Å². The van der Waals surface area contributed by atoms with Gasteiger partial charge in [-0.05, 0) is 30.0 Å². The maximum atomic E-state index is 11.4. The summed E-state index contributed by atoms with van der Waals surface area (Å²) in [5.41, 5.74) is 5.02. The van der Waals surface area contributed by atoms with Crippen molar-refractivity contribution in [3.63, 3.8) is 0 Å². The number of nitrogens with two attached hydrogens (primary N) is 1. The van der Waals surface area contributed by atoms with Gasteiger partial charge in [0.05, 0.1) is 18.2 Å². The molecule has 4 N–H and O–H groups in total. The van der Waals surface area contributed by atoms with Crippen LogP contribution < -0.4 is 5.73 Å². The summed E-state index contributed by atoms with van der Waals surface area (Å²) in [5, 5.41) is 20.8. The van der Waals surface area contributed by atoms with E-state index in [1.807, 2.05) is 20.8 Å². The number of rotatable bonds is 4. The van der Waals surface area contributed by atoms with Crippen molar-refractivity contribution in [2.24, 2.45) is 17.1 Å². The fraction of sp³-hybridized carbons (Fsp3) is 0.944. The van der Waals surface area contributed by atoms with Crippen LogP contribution in [0.5, 0.6) is 0 Å². The van der Waals surface area contributed by atoms with Crippen LogP contribution in [0.15, 0.2) is 0 Å². The Labute approximate surface area is 153 Å². The number of carboxylic acid groups (broad SMARTS) is 1. The first-order chi connectivity index (χ1) is 11.0. The smallest absolute Gasteiger partial charge is 0.407 e. The van der Waals surface area contributed by atoms with Crippen LogP contribution in [0.2, 0.25) is 18.1 Å². The number of amides is 1. The van der Waals surface area contributed by atoms with Crippen molar-refractivity contribution in [2.45, 2.75) is 77.7 Å². The van der Waals surface area contributed by atoms with E-state index in [2.05, 4.69) is 33.9 Å². The molecular formula is C18H38N2O4Si. The monoisotopic (exact) mass is 374 g/mol. The zero-order valence-corrected chi connectivity index (χ0v) is 18.2. The van der Waals surface area contributed by atoms with Gasteiger partial charge in [-0.25, -0.2) is 4.79 Å². The molecule has 25 heavy (non-hydrogen) atoms. The highest BCUT2D eigenvalue weighted by atomic mass is 28.4. The number of likely N-dealkylation sites (tertiary alicyclic amines) is 1. The number of hydrogen-bond acceptors (Lipinski definition) is 4. The molecule has 1 saturated heterocycles. The van der Waals surface area contributed by atoms with E-state index in [-0.39, 0.29) is 16.4 Å². The second-order valence-corrected chi connectivity index (χ2v) is 14.9. The molecule has 0 radical (unpaired) electrons. The van der Waals surface area contributed by atoms with Gasteiger partial charge < -0.3 is 25.3 Å². The zero-order valence-electron chi connectivity index (χ0n) is 17.2. The maximum Gasteiger partial charge on any atom is 0.407 e. The second kappa shape index (κ2) is 7.17. The minimum absolute atomic E-state index is 0.0748. The summed E-state index contributed by atoms with van der Waals surface area (Å²) in [4.78, 5) is 12.7. The van der Waals surface area contributed by atoms with Crippen molar-refractivity contribution < 1.29 is 19.4 Å². The van der Waals surface area contributed by atoms with Gasteiger partial charge in [-0.1, -0.05) is 41.5 Å². The van der Waals surface area contributed by atoms with E-state index in [0.717, 1.165) is 0 Å². The predicted octanol–water partition coefficient (Wildman–Crippen LogP) is 3.11. The lowest BCUT2D eigenvalue weighted by molar-refractivity contribution is -0.125. The summed E-state index contributed by atoms with van der Waals surface area (Å²) in [6.45, 7) is 17.8. The summed E-state index contributed by atoms with van der Waals surface area (Å²) in [5.74, 6) is -0.247. The molecule has 0 bridgehead atoms. The number of piperidine rings is 1. The normalized spacial score (nSPS) is 27.3. The molecule has 0 aromatic heterocycles. The molecule has 1 aliphatic rings. The summed E-state index contributed by atoms with van der Waals surface area (Å²) in [6.07, 6.45) is -0.606. The highest BCUT2D eigenvalue weighted by Gasteiger charge is 2.52. The topological polar surface area (TPSA) is 96.0 Å². The molecule has 0 aliphatic carbocycles. The quantitative estimate of drug-likeness (QED) is 0.657. The van der Waals surface area contributed by atoms with Gasteiger partial charge in [-0.3, -0.25) is 0 Å². The van der Waals surface area contributed by atoms with Gasteiger partial charge in [0.15, 0.2) is 8.32 Å². The predicted molar refractivity (Wildman–Crippen MR) is 103 cm³/mol. The molecule has 1 aliphatic heterocycles. The molecule has 1 amide bonds. The Hall–Kier alpha value is -0.633. The van der Waals surface area contributed by atoms with Crippen molar-refractivity contribution in [2.75, 3.05) is 19.7 Å². The standard InChI is InChI=1S/C18H38N2O4Si/c1-16(2,3)13-11-20(15(21)22)10-9-18(13,23)14(19)12-24-25(7,8)17(4,5)6/h13-14,23H,9-12,19H2,1-8H3,(H,21,22). The summed E-state index contributed by atoms with van der Waals surface area (Å²) >= 11 is 0. The number of hydrogen-bond donors (Lipinski definition) is 3. The molecule has 1 heterocycles. The summed E-state index contributed by atoms with van der Waals surface area (Å²) in [7, 11) is -1.96. The van der Waals surface area contributed by atoms with Crippen molar-refractivity contribution >= 4 is 14.4 Å². The second-order valence-electron chi connectivity index (χ2n) is 10.1.